The molecule has 0 radical (unpaired) electrons. The van der Waals surface area contributed by atoms with Crippen LogP contribution in [0.3, 0.4) is 0 Å². The summed E-state index contributed by atoms with van der Waals surface area (Å²) in [7, 11) is -4.15. The lowest BCUT2D eigenvalue weighted by Gasteiger charge is -2.17. The molecular formula is C18H19FN2O5S. The van der Waals surface area contributed by atoms with E-state index in [4.69, 9.17) is 5.11 Å². The average Bonchev–Trinajstić information content (AvgIpc) is 2.56. The molecule has 3 N–H and O–H groups in total. The van der Waals surface area contributed by atoms with Crippen LogP contribution in [-0.2, 0) is 14.8 Å². The molecule has 0 aliphatic rings. The van der Waals surface area contributed by atoms with E-state index in [1.165, 1.54) is 24.3 Å². The minimum Gasteiger partial charge on any atom is -0.478 e. The number of carboxylic acids is 1. The van der Waals surface area contributed by atoms with Gasteiger partial charge < -0.3 is 10.4 Å². The molecule has 144 valence electrons. The third-order valence-corrected chi connectivity index (χ3v) is 4.94. The van der Waals surface area contributed by atoms with Gasteiger partial charge in [-0.3, -0.25) is 9.52 Å². The van der Waals surface area contributed by atoms with Crippen molar-refractivity contribution >= 4 is 33.3 Å². The molecule has 7 nitrogen and oxygen atoms in total. The first kappa shape index (κ1) is 20.4. The second kappa shape index (κ2) is 7.36. The van der Waals surface area contributed by atoms with Crippen LogP contribution < -0.4 is 10.0 Å². The normalized spacial score (nSPS) is 11.7. The van der Waals surface area contributed by atoms with Crippen LogP contribution in [-0.4, -0.2) is 25.4 Å². The van der Waals surface area contributed by atoms with Gasteiger partial charge in [0, 0.05) is 11.1 Å². The molecule has 0 saturated heterocycles. The Morgan fingerprint density at radius 2 is 1.63 bits per heavy atom. The van der Waals surface area contributed by atoms with Gasteiger partial charge >= 0.3 is 5.97 Å². The summed E-state index contributed by atoms with van der Waals surface area (Å²) < 4.78 is 40.7. The van der Waals surface area contributed by atoms with Gasteiger partial charge in [0.2, 0.25) is 5.91 Å². The number of sulfonamides is 1. The monoisotopic (exact) mass is 394 g/mol. The van der Waals surface area contributed by atoms with Crippen LogP contribution in [0.5, 0.6) is 0 Å². The number of rotatable bonds is 5. The number of anilines is 2. The number of hydrogen-bond acceptors (Lipinski definition) is 4. The van der Waals surface area contributed by atoms with Gasteiger partial charge in [-0.15, -0.1) is 0 Å². The number of nitrogens with one attached hydrogen (secondary N) is 2. The van der Waals surface area contributed by atoms with Gasteiger partial charge in [-0.25, -0.2) is 17.6 Å². The largest absolute Gasteiger partial charge is 0.478 e. The van der Waals surface area contributed by atoms with E-state index in [0.717, 1.165) is 18.2 Å². The number of hydrogen-bond donors (Lipinski definition) is 3. The van der Waals surface area contributed by atoms with Crippen molar-refractivity contribution in [2.45, 2.75) is 25.7 Å². The van der Waals surface area contributed by atoms with Gasteiger partial charge in [0.15, 0.2) is 0 Å². The van der Waals surface area contributed by atoms with E-state index in [-0.39, 0.29) is 16.4 Å². The van der Waals surface area contributed by atoms with Crippen molar-refractivity contribution in [1.82, 2.24) is 0 Å². The molecular weight excluding hydrogens is 375 g/mol. The molecule has 1 amide bonds. The zero-order valence-electron chi connectivity index (χ0n) is 14.9. The highest BCUT2D eigenvalue weighted by Crippen LogP contribution is 2.23. The fourth-order valence-corrected chi connectivity index (χ4v) is 3.03. The van der Waals surface area contributed by atoms with Gasteiger partial charge in [-0.05, 0) is 42.5 Å². The molecule has 0 aromatic heterocycles. The number of carboxylic acid groups (broad SMARTS) is 1. The third-order valence-electron chi connectivity index (χ3n) is 3.56. The van der Waals surface area contributed by atoms with E-state index in [2.05, 4.69) is 5.32 Å². The van der Waals surface area contributed by atoms with Crippen molar-refractivity contribution in [3.63, 3.8) is 0 Å². The lowest BCUT2D eigenvalue weighted by Crippen LogP contribution is -2.27. The maximum atomic E-state index is 13.8. The predicted molar refractivity (Wildman–Crippen MR) is 98.7 cm³/mol. The Morgan fingerprint density at radius 3 is 2.15 bits per heavy atom. The molecule has 0 heterocycles. The number of carbonyl (C=O) groups excluding carboxylic acids is 1. The molecule has 9 heteroatoms. The van der Waals surface area contributed by atoms with E-state index in [9.17, 15) is 22.4 Å². The Bertz CT molecular complexity index is 980. The highest BCUT2D eigenvalue weighted by Gasteiger charge is 2.22. The Labute approximate surface area is 156 Å². The van der Waals surface area contributed by atoms with Gasteiger partial charge in [-0.2, -0.15) is 0 Å². The first-order valence-electron chi connectivity index (χ1n) is 7.87. The number of halogens is 1. The quantitative estimate of drug-likeness (QED) is 0.720. The SMILES string of the molecule is CC(C)(C)C(=O)Nc1ccc(S(=O)(=O)Nc2cc(C(=O)O)ccc2F)cc1. The average molecular weight is 394 g/mol. The molecule has 0 unspecified atom stereocenters. The molecule has 27 heavy (non-hydrogen) atoms. The first-order chi connectivity index (χ1) is 12.4. The Kier molecular flexibility index (Phi) is 5.55. The summed E-state index contributed by atoms with van der Waals surface area (Å²) in [6.07, 6.45) is 0. The van der Waals surface area contributed by atoms with E-state index < -0.39 is 32.9 Å². The summed E-state index contributed by atoms with van der Waals surface area (Å²) >= 11 is 0. The van der Waals surface area contributed by atoms with E-state index in [0.29, 0.717) is 5.69 Å². The van der Waals surface area contributed by atoms with Crippen molar-refractivity contribution in [2.75, 3.05) is 10.0 Å². The molecule has 0 spiro atoms. The molecule has 2 rings (SSSR count). The Morgan fingerprint density at radius 1 is 1.04 bits per heavy atom. The molecule has 2 aromatic carbocycles. The summed E-state index contributed by atoms with van der Waals surface area (Å²) in [5, 5.41) is 11.6. The minimum absolute atomic E-state index is 0.170. The molecule has 0 atom stereocenters. The van der Waals surface area contributed by atoms with Crippen molar-refractivity contribution in [3.8, 4) is 0 Å². The number of carbonyl (C=O) groups is 2. The van der Waals surface area contributed by atoms with Crippen molar-refractivity contribution in [2.24, 2.45) is 5.41 Å². The fraction of sp³-hybridized carbons (Fsp3) is 0.222. The van der Waals surface area contributed by atoms with Gasteiger partial charge in [-0.1, -0.05) is 20.8 Å². The van der Waals surface area contributed by atoms with Crippen LogP contribution in [0.15, 0.2) is 47.4 Å². The molecule has 0 aliphatic carbocycles. The van der Waals surface area contributed by atoms with Crippen LogP contribution in [0.1, 0.15) is 31.1 Å². The van der Waals surface area contributed by atoms with Crippen molar-refractivity contribution in [1.29, 1.82) is 0 Å². The number of benzene rings is 2. The first-order valence-corrected chi connectivity index (χ1v) is 9.35. The Hall–Kier alpha value is -2.94. The van der Waals surface area contributed by atoms with Gasteiger partial charge in [0.25, 0.3) is 10.0 Å². The Balaban J connectivity index is 2.24. The number of amides is 1. The molecule has 0 fully saturated rings. The summed E-state index contributed by atoms with van der Waals surface area (Å²) in [5.74, 6) is -2.45. The predicted octanol–water partition coefficient (Wildman–Crippen LogP) is 3.31. The van der Waals surface area contributed by atoms with Gasteiger partial charge in [0.1, 0.15) is 5.82 Å². The summed E-state index contributed by atoms with van der Waals surface area (Å²) in [6, 6.07) is 8.10. The molecule has 0 bridgehead atoms. The highest BCUT2D eigenvalue weighted by atomic mass is 32.2. The lowest BCUT2D eigenvalue weighted by atomic mass is 9.95. The smallest absolute Gasteiger partial charge is 0.335 e. The second-order valence-electron chi connectivity index (χ2n) is 6.83. The third kappa shape index (κ3) is 5.04. The number of aromatic carboxylic acids is 1. The van der Waals surface area contributed by atoms with Gasteiger partial charge in [0.05, 0.1) is 16.1 Å². The summed E-state index contributed by atoms with van der Waals surface area (Å²) in [5.41, 5.74) is -0.929. The minimum atomic E-state index is -4.15. The molecule has 0 aliphatic heterocycles. The van der Waals surface area contributed by atoms with Crippen LogP contribution in [0.4, 0.5) is 15.8 Å². The van der Waals surface area contributed by atoms with Crippen molar-refractivity contribution < 1.29 is 27.5 Å². The standard InChI is InChI=1S/C18H19FN2O5S/c1-18(2,3)17(24)20-12-5-7-13(8-6-12)27(25,26)21-15-10-11(16(22)23)4-9-14(15)19/h4-10,21H,1-3H3,(H,20,24)(H,22,23). The maximum Gasteiger partial charge on any atom is 0.335 e. The van der Waals surface area contributed by atoms with Crippen LogP contribution in [0, 0.1) is 11.2 Å². The van der Waals surface area contributed by atoms with E-state index in [1.54, 1.807) is 20.8 Å². The van der Waals surface area contributed by atoms with Crippen molar-refractivity contribution in [3.05, 3.63) is 53.8 Å². The van der Waals surface area contributed by atoms with Crippen LogP contribution in [0.2, 0.25) is 0 Å². The highest BCUT2D eigenvalue weighted by molar-refractivity contribution is 7.92. The van der Waals surface area contributed by atoms with E-state index >= 15 is 0 Å². The summed E-state index contributed by atoms with van der Waals surface area (Å²) in [6.45, 7) is 5.22. The molecule has 0 saturated carbocycles. The summed E-state index contributed by atoms with van der Waals surface area (Å²) in [4.78, 5) is 22.7. The topological polar surface area (TPSA) is 113 Å². The van der Waals surface area contributed by atoms with E-state index in [1.807, 2.05) is 4.72 Å². The zero-order chi connectivity index (χ0) is 20.4. The lowest BCUT2D eigenvalue weighted by molar-refractivity contribution is -0.123. The zero-order valence-corrected chi connectivity index (χ0v) is 15.7. The van der Waals surface area contributed by atoms with Crippen LogP contribution >= 0.6 is 0 Å². The second-order valence-corrected chi connectivity index (χ2v) is 8.52. The maximum absolute atomic E-state index is 13.8. The molecule has 2 aromatic rings. The fourth-order valence-electron chi connectivity index (χ4n) is 1.98. The van der Waals surface area contributed by atoms with Crippen LogP contribution in [0.25, 0.3) is 0 Å².